The van der Waals surface area contributed by atoms with Crippen LogP contribution in [0, 0.1) is 0 Å². The zero-order chi connectivity index (χ0) is 23.1. The lowest BCUT2D eigenvalue weighted by Crippen LogP contribution is -2.29. The molecule has 0 aliphatic heterocycles. The van der Waals surface area contributed by atoms with Gasteiger partial charge in [-0.1, -0.05) is 18.2 Å². The molecule has 0 spiro atoms. The molecule has 0 unspecified atom stereocenters. The second-order valence-corrected chi connectivity index (χ2v) is 8.98. The van der Waals surface area contributed by atoms with Crippen LogP contribution >= 0.6 is 11.3 Å². The number of nitrogens with zero attached hydrogens (tertiary/aromatic N) is 1. The number of hydrogen-bond acceptors (Lipinski definition) is 7. The fourth-order valence-corrected chi connectivity index (χ4v) is 4.53. The maximum absolute atomic E-state index is 12.3. The lowest BCUT2D eigenvalue weighted by molar-refractivity contribution is -0.135. The summed E-state index contributed by atoms with van der Waals surface area (Å²) in [6.45, 7) is -0.492. The predicted octanol–water partition coefficient (Wildman–Crippen LogP) is 1.94. The zero-order valence-corrected chi connectivity index (χ0v) is 18.1. The number of hydrogen-bond donors (Lipinski definition) is 4. The van der Waals surface area contributed by atoms with Crippen LogP contribution in [-0.4, -0.2) is 42.8 Å². The molecule has 2 amide bonds. The van der Waals surface area contributed by atoms with Crippen LogP contribution in [0.3, 0.4) is 0 Å². The molecule has 3 rings (SSSR count). The number of rotatable bonds is 9. The standard InChI is InChI=1S/C20H18N4O6S2/c25-17(22-14-8-6-13(7-9-14)19(28)21-11-18(26)27)10-15-12-31-20(23-15)24-32(29,30)16-4-2-1-3-5-16/h1-9,12H,10-11H2,(H,21,28)(H,22,25)(H,23,24)(H,26,27). The first-order chi connectivity index (χ1) is 15.2. The van der Waals surface area contributed by atoms with Gasteiger partial charge in [-0.2, -0.15) is 0 Å². The molecule has 1 aromatic heterocycles. The van der Waals surface area contributed by atoms with Gasteiger partial charge in [0.2, 0.25) is 5.91 Å². The number of benzene rings is 2. The third-order valence-corrected chi connectivity index (χ3v) is 6.29. The van der Waals surface area contributed by atoms with Crippen molar-refractivity contribution in [3.8, 4) is 0 Å². The first-order valence-electron chi connectivity index (χ1n) is 9.15. The van der Waals surface area contributed by atoms with Gasteiger partial charge in [-0.3, -0.25) is 19.1 Å². The van der Waals surface area contributed by atoms with Crippen molar-refractivity contribution in [2.75, 3.05) is 16.6 Å². The molecule has 2 aromatic carbocycles. The summed E-state index contributed by atoms with van der Waals surface area (Å²) in [5.41, 5.74) is 1.08. The molecule has 0 aliphatic rings. The van der Waals surface area contributed by atoms with E-state index >= 15 is 0 Å². The topological polar surface area (TPSA) is 155 Å². The molecule has 0 aliphatic carbocycles. The molecule has 12 heteroatoms. The van der Waals surface area contributed by atoms with Crippen molar-refractivity contribution >= 4 is 50.0 Å². The summed E-state index contributed by atoms with van der Waals surface area (Å²) in [6.07, 6.45) is -0.0790. The summed E-state index contributed by atoms with van der Waals surface area (Å²) < 4.78 is 27.1. The van der Waals surface area contributed by atoms with E-state index in [1.54, 1.807) is 23.6 Å². The maximum Gasteiger partial charge on any atom is 0.322 e. The molecule has 166 valence electrons. The first-order valence-corrected chi connectivity index (χ1v) is 11.5. The number of sulfonamides is 1. The number of anilines is 2. The number of aliphatic carboxylic acids is 1. The van der Waals surface area contributed by atoms with Gasteiger partial charge in [0.05, 0.1) is 17.0 Å². The number of carbonyl (C=O) groups is 3. The molecule has 10 nitrogen and oxygen atoms in total. The number of nitrogens with one attached hydrogen (secondary N) is 3. The minimum Gasteiger partial charge on any atom is -0.480 e. The fraction of sp³-hybridized carbons (Fsp3) is 0.100. The summed E-state index contributed by atoms with van der Waals surface area (Å²) in [5, 5.41) is 15.2. The van der Waals surface area contributed by atoms with Gasteiger partial charge in [-0.15, -0.1) is 11.3 Å². The van der Waals surface area contributed by atoms with Gasteiger partial charge < -0.3 is 15.7 Å². The van der Waals surface area contributed by atoms with E-state index in [0.717, 1.165) is 11.3 Å². The van der Waals surface area contributed by atoms with Crippen LogP contribution in [0.5, 0.6) is 0 Å². The third-order valence-electron chi connectivity index (χ3n) is 4.00. The van der Waals surface area contributed by atoms with Gasteiger partial charge in [0.25, 0.3) is 15.9 Å². The Hall–Kier alpha value is -3.77. The minimum absolute atomic E-state index is 0.0790. The Bertz CT molecular complexity index is 1220. The number of carboxylic acid groups (broad SMARTS) is 1. The SMILES string of the molecule is O=C(O)CNC(=O)c1ccc(NC(=O)Cc2csc(NS(=O)(=O)c3ccccc3)n2)cc1. The largest absolute Gasteiger partial charge is 0.480 e. The normalized spacial score (nSPS) is 10.9. The molecule has 0 radical (unpaired) electrons. The molecule has 32 heavy (non-hydrogen) atoms. The van der Waals surface area contributed by atoms with Gasteiger partial charge in [0.15, 0.2) is 5.13 Å². The Kier molecular flexibility index (Phi) is 7.18. The molecule has 0 saturated heterocycles. The average molecular weight is 475 g/mol. The molecule has 0 saturated carbocycles. The summed E-state index contributed by atoms with van der Waals surface area (Å²) in [6, 6.07) is 13.8. The molecule has 0 bridgehead atoms. The molecular formula is C20H18N4O6S2. The lowest BCUT2D eigenvalue weighted by Gasteiger charge is -2.06. The number of thiazole rings is 1. The van der Waals surface area contributed by atoms with E-state index in [2.05, 4.69) is 20.3 Å². The van der Waals surface area contributed by atoms with E-state index in [-0.39, 0.29) is 27.9 Å². The summed E-state index contributed by atoms with van der Waals surface area (Å²) in [7, 11) is -3.77. The summed E-state index contributed by atoms with van der Waals surface area (Å²) >= 11 is 1.06. The van der Waals surface area contributed by atoms with Crippen molar-refractivity contribution in [3.63, 3.8) is 0 Å². The number of carboxylic acids is 1. The highest BCUT2D eigenvalue weighted by Gasteiger charge is 2.16. The highest BCUT2D eigenvalue weighted by molar-refractivity contribution is 7.93. The van der Waals surface area contributed by atoms with Crippen LogP contribution in [-0.2, 0) is 26.0 Å². The second-order valence-electron chi connectivity index (χ2n) is 6.44. The highest BCUT2D eigenvalue weighted by atomic mass is 32.2. The number of carbonyl (C=O) groups excluding carboxylic acids is 2. The molecule has 0 fully saturated rings. The average Bonchev–Trinajstić information content (AvgIpc) is 3.18. The molecule has 0 atom stereocenters. The van der Waals surface area contributed by atoms with Crippen molar-refractivity contribution in [1.29, 1.82) is 0 Å². The Morgan fingerprint density at radius 2 is 1.69 bits per heavy atom. The van der Waals surface area contributed by atoms with E-state index < -0.39 is 28.4 Å². The summed E-state index contributed by atoms with van der Waals surface area (Å²) in [4.78, 5) is 38.8. The molecule has 1 heterocycles. The smallest absolute Gasteiger partial charge is 0.322 e. The van der Waals surface area contributed by atoms with Crippen molar-refractivity contribution in [2.45, 2.75) is 11.3 Å². The Morgan fingerprint density at radius 3 is 2.34 bits per heavy atom. The predicted molar refractivity (Wildman–Crippen MR) is 118 cm³/mol. The first kappa shape index (κ1) is 22.9. The van der Waals surface area contributed by atoms with Crippen LogP contribution in [0.1, 0.15) is 16.1 Å². The van der Waals surface area contributed by atoms with Crippen molar-refractivity contribution in [1.82, 2.24) is 10.3 Å². The van der Waals surface area contributed by atoms with Gasteiger partial charge in [0, 0.05) is 16.6 Å². The second kappa shape index (κ2) is 10.0. The lowest BCUT2D eigenvalue weighted by atomic mass is 10.2. The molecular weight excluding hydrogens is 456 g/mol. The quantitative estimate of drug-likeness (QED) is 0.369. The van der Waals surface area contributed by atoms with E-state index in [4.69, 9.17) is 5.11 Å². The third kappa shape index (κ3) is 6.36. The van der Waals surface area contributed by atoms with Crippen molar-refractivity contribution in [3.05, 3.63) is 71.2 Å². The minimum atomic E-state index is -3.77. The Labute approximate surface area is 187 Å². The van der Waals surface area contributed by atoms with E-state index in [9.17, 15) is 22.8 Å². The molecule has 3 aromatic rings. The number of aromatic nitrogens is 1. The van der Waals surface area contributed by atoms with Crippen LogP contribution in [0.2, 0.25) is 0 Å². The van der Waals surface area contributed by atoms with Gasteiger partial charge in [-0.05, 0) is 36.4 Å². The molecule has 4 N–H and O–H groups in total. The monoisotopic (exact) mass is 474 g/mol. The zero-order valence-electron chi connectivity index (χ0n) is 16.4. The Morgan fingerprint density at radius 1 is 1.00 bits per heavy atom. The fourth-order valence-electron chi connectivity index (χ4n) is 2.54. The van der Waals surface area contributed by atoms with E-state index in [0.29, 0.717) is 11.4 Å². The number of amides is 2. The van der Waals surface area contributed by atoms with E-state index in [1.165, 1.54) is 36.4 Å². The summed E-state index contributed by atoms with van der Waals surface area (Å²) in [5.74, 6) is -2.07. The van der Waals surface area contributed by atoms with Crippen LogP contribution in [0.25, 0.3) is 0 Å². The maximum atomic E-state index is 12.3. The van der Waals surface area contributed by atoms with Crippen molar-refractivity contribution in [2.24, 2.45) is 0 Å². The van der Waals surface area contributed by atoms with Crippen LogP contribution in [0.4, 0.5) is 10.8 Å². The van der Waals surface area contributed by atoms with Crippen LogP contribution < -0.4 is 15.4 Å². The highest BCUT2D eigenvalue weighted by Crippen LogP contribution is 2.20. The van der Waals surface area contributed by atoms with Gasteiger partial charge in [0.1, 0.15) is 6.54 Å². The van der Waals surface area contributed by atoms with E-state index in [1.807, 2.05) is 0 Å². The van der Waals surface area contributed by atoms with Crippen LogP contribution in [0.15, 0.2) is 64.9 Å². The van der Waals surface area contributed by atoms with Gasteiger partial charge in [-0.25, -0.2) is 13.4 Å². The van der Waals surface area contributed by atoms with Gasteiger partial charge >= 0.3 is 5.97 Å². The Balaban J connectivity index is 1.55. The van der Waals surface area contributed by atoms with Crippen molar-refractivity contribution < 1.29 is 27.9 Å².